The molecule has 5 heteroatoms. The van der Waals surface area contributed by atoms with Crippen molar-refractivity contribution >= 4 is 23.3 Å². The lowest BCUT2D eigenvalue weighted by molar-refractivity contribution is 0.0696. The Hall–Kier alpha value is -2.33. The largest absolute Gasteiger partial charge is 0.478 e. The van der Waals surface area contributed by atoms with E-state index in [9.17, 15) is 14.3 Å². The summed E-state index contributed by atoms with van der Waals surface area (Å²) in [5.41, 5.74) is 2.35. The van der Waals surface area contributed by atoms with Crippen LogP contribution in [0.5, 0.6) is 0 Å². The van der Waals surface area contributed by atoms with Gasteiger partial charge in [0, 0.05) is 11.5 Å². The molecule has 24 heavy (non-hydrogen) atoms. The van der Waals surface area contributed by atoms with E-state index in [1.54, 1.807) is 18.2 Å². The summed E-state index contributed by atoms with van der Waals surface area (Å²) in [5.74, 6) is -1.09. The fourth-order valence-corrected chi connectivity index (χ4v) is 4.10. The molecule has 1 heterocycles. The van der Waals surface area contributed by atoms with Crippen LogP contribution < -0.4 is 5.32 Å². The first-order valence-electron chi connectivity index (χ1n) is 7.80. The van der Waals surface area contributed by atoms with Crippen LogP contribution in [0.2, 0.25) is 5.02 Å². The molecular formula is C19H15ClFNO2. The van der Waals surface area contributed by atoms with Crippen LogP contribution in [-0.2, 0) is 0 Å². The van der Waals surface area contributed by atoms with Gasteiger partial charge < -0.3 is 10.4 Å². The van der Waals surface area contributed by atoms with E-state index in [2.05, 4.69) is 17.5 Å². The second-order valence-electron chi connectivity index (χ2n) is 6.22. The van der Waals surface area contributed by atoms with E-state index in [-0.39, 0.29) is 29.3 Å². The van der Waals surface area contributed by atoms with Crippen molar-refractivity contribution in [2.75, 3.05) is 5.32 Å². The van der Waals surface area contributed by atoms with Crippen molar-refractivity contribution in [1.29, 1.82) is 0 Å². The highest BCUT2D eigenvalue weighted by atomic mass is 35.5. The number of allylic oxidation sites excluding steroid dienone is 2. The third-order valence-corrected chi connectivity index (χ3v) is 5.21. The van der Waals surface area contributed by atoms with Gasteiger partial charge in [-0.3, -0.25) is 0 Å². The van der Waals surface area contributed by atoms with Crippen molar-refractivity contribution < 1.29 is 14.3 Å². The van der Waals surface area contributed by atoms with Crippen LogP contribution in [-0.4, -0.2) is 11.1 Å². The maximum atomic E-state index is 14.3. The highest BCUT2D eigenvalue weighted by Crippen LogP contribution is 2.52. The summed E-state index contributed by atoms with van der Waals surface area (Å²) in [6.07, 6.45) is 4.95. The number of benzene rings is 2. The van der Waals surface area contributed by atoms with E-state index < -0.39 is 5.97 Å². The first-order chi connectivity index (χ1) is 11.6. The molecule has 3 nitrogen and oxygen atoms in total. The van der Waals surface area contributed by atoms with Crippen LogP contribution in [0.1, 0.15) is 39.9 Å². The quantitative estimate of drug-likeness (QED) is 0.754. The predicted octanol–water partition coefficient (Wildman–Crippen LogP) is 5.00. The van der Waals surface area contributed by atoms with Crippen LogP contribution in [0, 0.1) is 11.7 Å². The van der Waals surface area contributed by atoms with Crippen LogP contribution >= 0.6 is 11.6 Å². The standard InChI is InChI=1S/C19H15ClFNO2/c20-15-9-10(19(23)24)8-14-11-5-3-6-12(11)17(22-18(14)15)13-4-1-2-7-16(13)21/h1-5,7-9,11-12,17,22H,6H2,(H,23,24)/t11-,12-,17+/m0/s1. The van der Waals surface area contributed by atoms with Gasteiger partial charge >= 0.3 is 5.97 Å². The van der Waals surface area contributed by atoms with Gasteiger partial charge in [-0.1, -0.05) is 42.0 Å². The molecule has 0 spiro atoms. The van der Waals surface area contributed by atoms with Crippen molar-refractivity contribution in [2.24, 2.45) is 5.92 Å². The molecule has 2 N–H and O–H groups in total. The summed E-state index contributed by atoms with van der Waals surface area (Å²) in [4.78, 5) is 11.3. The number of carboxylic acid groups (broad SMARTS) is 1. The topological polar surface area (TPSA) is 49.3 Å². The van der Waals surface area contributed by atoms with E-state index in [0.717, 1.165) is 12.0 Å². The molecule has 1 aliphatic carbocycles. The molecule has 0 saturated carbocycles. The lowest BCUT2D eigenvalue weighted by Crippen LogP contribution is -2.30. The van der Waals surface area contributed by atoms with Crippen LogP contribution in [0.15, 0.2) is 48.6 Å². The summed E-state index contributed by atoms with van der Waals surface area (Å²) in [6.45, 7) is 0. The number of hydrogen-bond donors (Lipinski definition) is 2. The number of carboxylic acids is 1. The van der Waals surface area contributed by atoms with E-state index in [1.165, 1.54) is 12.1 Å². The van der Waals surface area contributed by atoms with Gasteiger partial charge in [-0.05, 0) is 36.1 Å². The average molecular weight is 344 g/mol. The van der Waals surface area contributed by atoms with Crippen molar-refractivity contribution in [1.82, 2.24) is 0 Å². The Morgan fingerprint density at radius 3 is 2.79 bits per heavy atom. The Morgan fingerprint density at radius 2 is 2.04 bits per heavy atom. The monoisotopic (exact) mass is 343 g/mol. The number of anilines is 1. The zero-order chi connectivity index (χ0) is 16.8. The van der Waals surface area contributed by atoms with Gasteiger partial charge in [-0.25, -0.2) is 9.18 Å². The second-order valence-corrected chi connectivity index (χ2v) is 6.63. The zero-order valence-electron chi connectivity index (χ0n) is 12.7. The number of halogens is 2. The van der Waals surface area contributed by atoms with Crippen molar-refractivity contribution in [3.63, 3.8) is 0 Å². The molecule has 0 fully saturated rings. The molecule has 3 atom stereocenters. The normalized spacial score (nSPS) is 24.2. The highest BCUT2D eigenvalue weighted by molar-refractivity contribution is 6.33. The summed E-state index contributed by atoms with van der Waals surface area (Å²) < 4.78 is 14.3. The number of carbonyl (C=O) groups is 1. The summed E-state index contributed by atoms with van der Waals surface area (Å²) in [5, 5.41) is 13.0. The SMILES string of the molecule is O=C(O)c1cc(Cl)c2c(c1)[C@H]1C=CC[C@@H]1[C@H](c1ccccc1F)N2. The van der Waals surface area contributed by atoms with E-state index in [0.29, 0.717) is 16.3 Å². The molecule has 0 radical (unpaired) electrons. The molecule has 0 amide bonds. The Balaban J connectivity index is 1.85. The van der Waals surface area contributed by atoms with Crippen molar-refractivity contribution in [3.05, 3.63) is 76.1 Å². The number of fused-ring (bicyclic) bond motifs is 3. The zero-order valence-corrected chi connectivity index (χ0v) is 13.4. The summed E-state index contributed by atoms with van der Waals surface area (Å²) >= 11 is 6.33. The predicted molar refractivity (Wildman–Crippen MR) is 91.2 cm³/mol. The number of hydrogen-bond acceptors (Lipinski definition) is 2. The minimum Gasteiger partial charge on any atom is -0.478 e. The van der Waals surface area contributed by atoms with E-state index in [1.807, 2.05) is 6.07 Å². The molecule has 0 unspecified atom stereocenters. The third kappa shape index (κ3) is 2.29. The lowest BCUT2D eigenvalue weighted by Gasteiger charge is -2.38. The van der Waals surface area contributed by atoms with Gasteiger partial charge in [0.15, 0.2) is 0 Å². The van der Waals surface area contributed by atoms with Crippen LogP contribution in [0.25, 0.3) is 0 Å². The molecule has 4 rings (SSSR count). The number of aromatic carboxylic acids is 1. The minimum absolute atomic E-state index is 0.0302. The lowest BCUT2D eigenvalue weighted by atomic mass is 9.76. The third-order valence-electron chi connectivity index (χ3n) is 4.91. The summed E-state index contributed by atoms with van der Waals surface area (Å²) in [6, 6.07) is 9.64. The van der Waals surface area contributed by atoms with Gasteiger partial charge in [-0.2, -0.15) is 0 Å². The maximum Gasteiger partial charge on any atom is 0.335 e. The Bertz CT molecular complexity index is 864. The van der Waals surface area contributed by atoms with Gasteiger partial charge in [0.1, 0.15) is 5.82 Å². The van der Waals surface area contributed by atoms with Crippen molar-refractivity contribution in [3.8, 4) is 0 Å². The molecule has 2 aromatic carbocycles. The van der Waals surface area contributed by atoms with Crippen LogP contribution in [0.4, 0.5) is 10.1 Å². The molecule has 1 aliphatic heterocycles. The molecular weight excluding hydrogens is 329 g/mol. The Morgan fingerprint density at radius 1 is 1.25 bits per heavy atom. The Kier molecular flexibility index (Phi) is 3.57. The van der Waals surface area contributed by atoms with Crippen molar-refractivity contribution in [2.45, 2.75) is 18.4 Å². The minimum atomic E-state index is -1.01. The fraction of sp³-hybridized carbons (Fsp3) is 0.211. The smallest absolute Gasteiger partial charge is 0.335 e. The first-order valence-corrected chi connectivity index (χ1v) is 8.18. The molecule has 2 aliphatic rings. The van der Waals surface area contributed by atoms with Gasteiger partial charge in [0.25, 0.3) is 0 Å². The number of rotatable bonds is 2. The van der Waals surface area contributed by atoms with Gasteiger partial charge in [0.05, 0.1) is 22.3 Å². The fourth-order valence-electron chi connectivity index (χ4n) is 3.81. The van der Waals surface area contributed by atoms with Gasteiger partial charge in [-0.15, -0.1) is 0 Å². The van der Waals surface area contributed by atoms with Crippen LogP contribution in [0.3, 0.4) is 0 Å². The molecule has 122 valence electrons. The molecule has 0 aromatic heterocycles. The number of nitrogens with one attached hydrogen (secondary N) is 1. The Labute approximate surface area is 143 Å². The molecule has 2 aromatic rings. The van der Waals surface area contributed by atoms with Gasteiger partial charge in [0.2, 0.25) is 0 Å². The summed E-state index contributed by atoms with van der Waals surface area (Å²) in [7, 11) is 0. The average Bonchev–Trinajstić information content (AvgIpc) is 3.05. The second kappa shape index (κ2) is 5.64. The first kappa shape index (κ1) is 15.2. The maximum absolute atomic E-state index is 14.3. The van der Waals surface area contributed by atoms with E-state index >= 15 is 0 Å². The highest BCUT2D eigenvalue weighted by Gasteiger charge is 2.40. The molecule has 0 bridgehead atoms. The van der Waals surface area contributed by atoms with E-state index in [4.69, 9.17) is 11.6 Å². The molecule has 0 saturated heterocycles.